The fourth-order valence-electron chi connectivity index (χ4n) is 1.90. The number of rotatable bonds is 4. The normalized spacial score (nSPS) is 12.7. The maximum Gasteiger partial charge on any atom is 0.416 e. The first kappa shape index (κ1) is 18.8. The number of carbonyl (C=O) groups excluding carboxylic acids is 1. The molecule has 0 saturated heterocycles. The fourth-order valence-corrected chi connectivity index (χ4v) is 1.90. The number of allylic oxidation sites excluding steroid dienone is 2. The van der Waals surface area contributed by atoms with Crippen molar-refractivity contribution in [1.29, 1.82) is 0 Å². The summed E-state index contributed by atoms with van der Waals surface area (Å²) in [5.41, 5.74) is 17.3. The lowest BCUT2D eigenvalue weighted by Crippen LogP contribution is -2.28. The second-order valence-electron chi connectivity index (χ2n) is 5.25. The molecule has 136 valence electrons. The summed E-state index contributed by atoms with van der Waals surface area (Å²) in [4.78, 5) is 15.8. The van der Waals surface area contributed by atoms with E-state index in [0.717, 1.165) is 12.1 Å². The Balaban J connectivity index is 2.06. The molecule has 0 fully saturated rings. The van der Waals surface area contributed by atoms with Gasteiger partial charge in [0.25, 0.3) is 5.91 Å². The highest BCUT2D eigenvalue weighted by Crippen LogP contribution is 2.29. The number of benzene rings is 1. The molecule has 1 amide bonds. The van der Waals surface area contributed by atoms with E-state index in [1.807, 2.05) is 0 Å². The zero-order valence-corrected chi connectivity index (χ0v) is 13.4. The van der Waals surface area contributed by atoms with E-state index in [1.165, 1.54) is 42.6 Å². The summed E-state index contributed by atoms with van der Waals surface area (Å²) >= 11 is 0. The summed E-state index contributed by atoms with van der Waals surface area (Å²) in [5.74, 6) is -0.552. The highest BCUT2D eigenvalue weighted by molar-refractivity contribution is 5.93. The number of hydrogen-bond acceptors (Lipinski definition) is 5. The van der Waals surface area contributed by atoms with E-state index >= 15 is 0 Å². The van der Waals surface area contributed by atoms with Crippen LogP contribution in [0.1, 0.15) is 21.6 Å². The average Bonchev–Trinajstić information content (AvgIpc) is 2.59. The van der Waals surface area contributed by atoms with Crippen LogP contribution in [0.25, 0.3) is 5.70 Å². The number of amides is 1. The molecule has 26 heavy (non-hydrogen) atoms. The van der Waals surface area contributed by atoms with Crippen molar-refractivity contribution in [2.24, 2.45) is 11.5 Å². The largest absolute Gasteiger partial charge is 0.416 e. The minimum atomic E-state index is -4.41. The number of halogens is 3. The second-order valence-corrected chi connectivity index (χ2v) is 5.25. The molecular formula is C17H16F3N5O. The van der Waals surface area contributed by atoms with Gasteiger partial charge in [-0.2, -0.15) is 13.2 Å². The third-order valence-corrected chi connectivity index (χ3v) is 3.26. The first-order chi connectivity index (χ1) is 12.2. The van der Waals surface area contributed by atoms with Gasteiger partial charge in [0, 0.05) is 5.70 Å². The van der Waals surface area contributed by atoms with Crippen molar-refractivity contribution in [3.8, 4) is 0 Å². The predicted molar refractivity (Wildman–Crippen MR) is 92.0 cm³/mol. The van der Waals surface area contributed by atoms with Crippen molar-refractivity contribution in [2.45, 2.75) is 6.18 Å². The van der Waals surface area contributed by atoms with Crippen LogP contribution in [-0.2, 0) is 6.18 Å². The van der Waals surface area contributed by atoms with Gasteiger partial charge in [0.05, 0.1) is 17.4 Å². The molecule has 0 aliphatic carbocycles. The molecule has 2 rings (SSSR count). The highest BCUT2D eigenvalue weighted by Gasteiger charge is 2.29. The quantitative estimate of drug-likeness (QED) is 0.621. The second kappa shape index (κ2) is 7.60. The molecular weight excluding hydrogens is 347 g/mol. The van der Waals surface area contributed by atoms with Crippen LogP contribution < -0.4 is 22.5 Å². The Labute approximate surface area is 147 Å². The first-order valence-corrected chi connectivity index (χ1v) is 7.30. The van der Waals surface area contributed by atoms with Gasteiger partial charge in [-0.1, -0.05) is 12.1 Å². The lowest BCUT2D eigenvalue weighted by molar-refractivity contribution is -0.137. The molecule has 0 atom stereocenters. The van der Waals surface area contributed by atoms with Crippen LogP contribution >= 0.6 is 0 Å². The molecule has 6 nitrogen and oxygen atoms in total. The van der Waals surface area contributed by atoms with E-state index < -0.39 is 17.6 Å². The van der Waals surface area contributed by atoms with Crippen LogP contribution in [0.3, 0.4) is 0 Å². The predicted octanol–water partition coefficient (Wildman–Crippen LogP) is 2.21. The number of nitrogens with two attached hydrogens (primary N) is 3. The molecule has 2 aromatic rings. The van der Waals surface area contributed by atoms with E-state index in [1.54, 1.807) is 0 Å². The van der Waals surface area contributed by atoms with Gasteiger partial charge in [-0.25, -0.2) is 4.98 Å². The van der Waals surface area contributed by atoms with Crippen LogP contribution in [0.4, 0.5) is 18.9 Å². The van der Waals surface area contributed by atoms with Crippen molar-refractivity contribution in [1.82, 2.24) is 10.3 Å². The SMILES string of the molecule is N/C(=C\C=C(/N)NC(=O)c1ccc(N)cn1)c1ccc(C(F)(F)F)cc1. The lowest BCUT2D eigenvalue weighted by atomic mass is 10.1. The third kappa shape index (κ3) is 5.00. The number of carbonyl (C=O) groups is 1. The molecule has 7 N–H and O–H groups in total. The summed E-state index contributed by atoms with van der Waals surface area (Å²) in [6.07, 6.45) is -0.393. The number of alkyl halides is 3. The van der Waals surface area contributed by atoms with E-state index in [9.17, 15) is 18.0 Å². The molecule has 1 heterocycles. The maximum absolute atomic E-state index is 12.5. The van der Waals surface area contributed by atoms with Crippen molar-refractivity contribution in [3.63, 3.8) is 0 Å². The molecule has 1 aromatic carbocycles. The molecule has 0 radical (unpaired) electrons. The Kier molecular flexibility index (Phi) is 5.51. The van der Waals surface area contributed by atoms with Crippen LogP contribution in [0.2, 0.25) is 0 Å². The van der Waals surface area contributed by atoms with Gasteiger partial charge in [0.2, 0.25) is 0 Å². The Morgan fingerprint density at radius 3 is 2.23 bits per heavy atom. The number of nitrogens with zero attached hydrogens (tertiary/aromatic N) is 1. The summed E-state index contributed by atoms with van der Waals surface area (Å²) in [6, 6.07) is 7.30. The van der Waals surface area contributed by atoms with Crippen molar-refractivity contribution >= 4 is 17.3 Å². The first-order valence-electron chi connectivity index (χ1n) is 7.30. The highest BCUT2D eigenvalue weighted by atomic mass is 19.4. The van der Waals surface area contributed by atoms with E-state index in [-0.39, 0.29) is 17.2 Å². The van der Waals surface area contributed by atoms with Crippen molar-refractivity contribution in [3.05, 3.63) is 77.4 Å². The van der Waals surface area contributed by atoms with E-state index in [4.69, 9.17) is 17.2 Å². The Morgan fingerprint density at radius 1 is 1.04 bits per heavy atom. The number of pyridine rings is 1. The zero-order chi connectivity index (χ0) is 19.3. The summed E-state index contributed by atoms with van der Waals surface area (Å²) < 4.78 is 37.6. The third-order valence-electron chi connectivity index (χ3n) is 3.26. The number of nitrogen functional groups attached to an aromatic ring is 1. The summed E-state index contributed by atoms with van der Waals surface area (Å²) in [7, 11) is 0. The van der Waals surface area contributed by atoms with Crippen LogP contribution in [-0.4, -0.2) is 10.9 Å². The maximum atomic E-state index is 12.5. The fraction of sp³-hybridized carbons (Fsp3) is 0.0588. The molecule has 0 saturated carbocycles. The smallest absolute Gasteiger partial charge is 0.398 e. The van der Waals surface area contributed by atoms with E-state index in [2.05, 4.69) is 10.3 Å². The molecule has 0 bridgehead atoms. The molecule has 0 unspecified atom stereocenters. The van der Waals surface area contributed by atoms with Crippen LogP contribution in [0, 0.1) is 0 Å². The number of hydrogen-bond donors (Lipinski definition) is 4. The number of aromatic nitrogens is 1. The number of anilines is 1. The van der Waals surface area contributed by atoms with Gasteiger partial charge >= 0.3 is 6.18 Å². The molecule has 0 aliphatic heterocycles. The topological polar surface area (TPSA) is 120 Å². The minimum absolute atomic E-state index is 0.0107. The van der Waals surface area contributed by atoms with Gasteiger partial charge in [-0.05, 0) is 42.0 Å². The molecule has 0 spiro atoms. The zero-order valence-electron chi connectivity index (χ0n) is 13.4. The standard InChI is InChI=1S/C17H16F3N5O/c18-17(19,20)11-3-1-10(2-4-11)13(22)6-8-15(23)25-16(26)14-7-5-12(21)9-24-14/h1-9H,21-23H2,(H,25,26)/b13-6-,15-8+. The van der Waals surface area contributed by atoms with Gasteiger partial charge < -0.3 is 22.5 Å². The van der Waals surface area contributed by atoms with E-state index in [0.29, 0.717) is 11.3 Å². The molecule has 9 heteroatoms. The number of nitrogens with one attached hydrogen (secondary N) is 1. The van der Waals surface area contributed by atoms with Gasteiger partial charge in [-0.15, -0.1) is 0 Å². The Hall–Kier alpha value is -3.49. The average molecular weight is 363 g/mol. The minimum Gasteiger partial charge on any atom is -0.398 e. The van der Waals surface area contributed by atoms with Gasteiger partial charge in [-0.3, -0.25) is 4.79 Å². The molecule has 1 aromatic heterocycles. The summed E-state index contributed by atoms with van der Waals surface area (Å²) in [5, 5.41) is 2.40. The Morgan fingerprint density at radius 2 is 1.69 bits per heavy atom. The molecule has 0 aliphatic rings. The van der Waals surface area contributed by atoms with Gasteiger partial charge in [0.15, 0.2) is 0 Å². The Bertz CT molecular complexity index is 840. The van der Waals surface area contributed by atoms with Crippen LogP contribution in [0.5, 0.6) is 0 Å². The van der Waals surface area contributed by atoms with Crippen LogP contribution in [0.15, 0.2) is 60.6 Å². The van der Waals surface area contributed by atoms with Gasteiger partial charge in [0.1, 0.15) is 11.5 Å². The van der Waals surface area contributed by atoms with Crippen molar-refractivity contribution < 1.29 is 18.0 Å². The monoisotopic (exact) mass is 363 g/mol. The summed E-state index contributed by atoms with van der Waals surface area (Å²) in [6.45, 7) is 0. The lowest BCUT2D eigenvalue weighted by Gasteiger charge is -2.08. The van der Waals surface area contributed by atoms with Crippen molar-refractivity contribution in [2.75, 3.05) is 5.73 Å².